The number of allylic oxidation sites excluding steroid dienone is 2. The Hall–Kier alpha value is -4.51. The van der Waals surface area contributed by atoms with Gasteiger partial charge in [-0.3, -0.25) is 9.59 Å². The maximum atomic E-state index is 12.8. The van der Waals surface area contributed by atoms with Crippen LogP contribution < -0.4 is 15.1 Å². The van der Waals surface area contributed by atoms with Crippen molar-refractivity contribution in [3.05, 3.63) is 62.4 Å². The SMILES string of the molecule is COC1=CC(=O)c2c(O)c3c(c(O)c2C1=O)O[C@@]1(CCc2cc4cc(C)oc(=O)c4c(O)c2O1)[C@H]3O. The molecule has 0 saturated carbocycles. The zero-order chi connectivity index (χ0) is 25.7. The van der Waals surface area contributed by atoms with Crippen LogP contribution >= 0.6 is 0 Å². The number of fused-ring (bicyclic) bond motifs is 4. The first kappa shape index (κ1) is 22.0. The van der Waals surface area contributed by atoms with Crippen LogP contribution in [0.3, 0.4) is 0 Å². The third-order valence-corrected chi connectivity index (χ3v) is 6.78. The molecule has 3 aromatic rings. The molecule has 36 heavy (non-hydrogen) atoms. The van der Waals surface area contributed by atoms with Gasteiger partial charge in [0, 0.05) is 12.5 Å². The van der Waals surface area contributed by atoms with Crippen molar-refractivity contribution in [2.45, 2.75) is 31.7 Å². The molecule has 0 amide bonds. The highest BCUT2D eigenvalue weighted by atomic mass is 16.7. The number of aryl methyl sites for hydroxylation is 2. The third kappa shape index (κ3) is 2.63. The number of carbonyl (C=O) groups excluding carboxylic acids is 2. The summed E-state index contributed by atoms with van der Waals surface area (Å²) in [4.78, 5) is 37.8. The van der Waals surface area contributed by atoms with Gasteiger partial charge < -0.3 is 39.1 Å². The van der Waals surface area contributed by atoms with Gasteiger partial charge in [0.2, 0.25) is 5.78 Å². The summed E-state index contributed by atoms with van der Waals surface area (Å²) in [6.07, 6.45) is -0.666. The summed E-state index contributed by atoms with van der Waals surface area (Å²) < 4.78 is 21.8. The van der Waals surface area contributed by atoms with Crippen LogP contribution in [0.5, 0.6) is 28.7 Å². The van der Waals surface area contributed by atoms with Gasteiger partial charge in [0.25, 0.3) is 5.79 Å². The Labute approximate surface area is 201 Å². The highest BCUT2D eigenvalue weighted by Crippen LogP contribution is 2.59. The van der Waals surface area contributed by atoms with E-state index in [9.17, 15) is 34.8 Å². The molecule has 0 radical (unpaired) electrons. The summed E-state index contributed by atoms with van der Waals surface area (Å²) in [6.45, 7) is 1.60. The molecule has 1 spiro atoms. The number of hydrogen-bond acceptors (Lipinski definition) is 11. The van der Waals surface area contributed by atoms with Gasteiger partial charge in [0.05, 0.1) is 23.8 Å². The lowest BCUT2D eigenvalue weighted by Gasteiger charge is -2.37. The van der Waals surface area contributed by atoms with Gasteiger partial charge in [-0.05, 0) is 36.4 Å². The van der Waals surface area contributed by atoms with Crippen LogP contribution in [0, 0.1) is 6.92 Å². The zero-order valence-electron chi connectivity index (χ0n) is 18.9. The molecule has 0 unspecified atom stereocenters. The average Bonchev–Trinajstić information content (AvgIpc) is 3.11. The van der Waals surface area contributed by atoms with Crippen LogP contribution in [0.2, 0.25) is 0 Å². The van der Waals surface area contributed by atoms with E-state index in [1.54, 1.807) is 19.1 Å². The number of aliphatic hydroxyl groups is 1. The maximum absolute atomic E-state index is 12.8. The number of carbonyl (C=O) groups is 2. The summed E-state index contributed by atoms with van der Waals surface area (Å²) in [6, 6.07) is 3.24. The van der Waals surface area contributed by atoms with Crippen molar-refractivity contribution in [3.63, 3.8) is 0 Å². The lowest BCUT2D eigenvalue weighted by molar-refractivity contribution is -0.180. The maximum Gasteiger partial charge on any atom is 0.347 e. The van der Waals surface area contributed by atoms with Crippen LogP contribution in [-0.2, 0) is 11.2 Å². The van der Waals surface area contributed by atoms with Crippen molar-refractivity contribution in [1.82, 2.24) is 0 Å². The minimum Gasteiger partial charge on any atom is -0.507 e. The molecular weight excluding hydrogens is 476 g/mol. The third-order valence-electron chi connectivity index (χ3n) is 6.78. The monoisotopic (exact) mass is 494 g/mol. The molecule has 11 heteroatoms. The lowest BCUT2D eigenvalue weighted by Crippen LogP contribution is -2.47. The number of ketones is 2. The predicted octanol–water partition coefficient (Wildman–Crippen LogP) is 2.27. The first-order valence-corrected chi connectivity index (χ1v) is 10.9. The van der Waals surface area contributed by atoms with Gasteiger partial charge in [-0.25, -0.2) is 4.79 Å². The highest BCUT2D eigenvalue weighted by Gasteiger charge is 2.56. The van der Waals surface area contributed by atoms with Gasteiger partial charge in [-0.1, -0.05) is 0 Å². The van der Waals surface area contributed by atoms with Gasteiger partial charge >= 0.3 is 5.63 Å². The van der Waals surface area contributed by atoms with Crippen molar-refractivity contribution in [1.29, 1.82) is 0 Å². The molecule has 3 aliphatic rings. The Kier molecular flexibility index (Phi) is 4.28. The van der Waals surface area contributed by atoms with E-state index in [0.717, 1.165) is 6.08 Å². The molecule has 184 valence electrons. The predicted molar refractivity (Wildman–Crippen MR) is 120 cm³/mol. The molecule has 0 fully saturated rings. The van der Waals surface area contributed by atoms with E-state index in [2.05, 4.69) is 0 Å². The molecule has 11 nitrogen and oxygen atoms in total. The van der Waals surface area contributed by atoms with Crippen molar-refractivity contribution in [2.24, 2.45) is 0 Å². The normalized spacial score (nSPS) is 22.0. The number of methoxy groups -OCH3 is 1. The lowest BCUT2D eigenvalue weighted by atomic mass is 9.86. The van der Waals surface area contributed by atoms with E-state index < -0.39 is 63.2 Å². The molecule has 0 saturated heterocycles. The van der Waals surface area contributed by atoms with E-state index in [0.29, 0.717) is 16.7 Å². The molecule has 4 N–H and O–H groups in total. The fourth-order valence-corrected chi connectivity index (χ4v) is 5.12. The van der Waals surface area contributed by atoms with Gasteiger partial charge in [-0.15, -0.1) is 0 Å². The number of benzene rings is 2. The first-order valence-electron chi connectivity index (χ1n) is 10.9. The van der Waals surface area contributed by atoms with Gasteiger partial charge in [0.1, 0.15) is 16.9 Å². The molecule has 2 aromatic carbocycles. The summed E-state index contributed by atoms with van der Waals surface area (Å²) in [5, 5.41) is 44.2. The van der Waals surface area contributed by atoms with Crippen LogP contribution in [-0.4, -0.2) is 44.9 Å². The Morgan fingerprint density at radius 1 is 1.00 bits per heavy atom. The minimum atomic E-state index is -1.95. The van der Waals surface area contributed by atoms with E-state index in [1.165, 1.54) is 7.11 Å². The van der Waals surface area contributed by atoms with Crippen LogP contribution in [0.1, 0.15) is 50.1 Å². The van der Waals surface area contributed by atoms with E-state index in [-0.39, 0.29) is 35.3 Å². The Morgan fingerprint density at radius 3 is 2.44 bits per heavy atom. The smallest absolute Gasteiger partial charge is 0.347 e. The van der Waals surface area contributed by atoms with Crippen LogP contribution in [0.25, 0.3) is 10.8 Å². The number of phenolic OH excluding ortho intramolecular Hbond substituents is 3. The summed E-state index contributed by atoms with van der Waals surface area (Å²) in [7, 11) is 1.17. The fraction of sp³-hybridized carbons (Fsp3) is 0.240. The second-order valence-electron chi connectivity index (χ2n) is 8.84. The molecule has 2 atom stereocenters. The van der Waals surface area contributed by atoms with Crippen LogP contribution in [0.4, 0.5) is 0 Å². The van der Waals surface area contributed by atoms with Crippen molar-refractivity contribution in [2.75, 3.05) is 7.11 Å². The van der Waals surface area contributed by atoms with Gasteiger partial charge in [-0.2, -0.15) is 0 Å². The van der Waals surface area contributed by atoms with E-state index in [1.807, 2.05) is 0 Å². The summed E-state index contributed by atoms with van der Waals surface area (Å²) in [5.74, 6) is -6.24. The topological polar surface area (TPSA) is 173 Å². The van der Waals surface area contributed by atoms with E-state index >= 15 is 0 Å². The number of aliphatic hydroxyl groups excluding tert-OH is 1. The number of aromatic hydroxyl groups is 3. The second kappa shape index (κ2) is 7.01. The number of hydrogen-bond donors (Lipinski definition) is 4. The van der Waals surface area contributed by atoms with Crippen LogP contribution in [0.15, 0.2) is 33.2 Å². The fourth-order valence-electron chi connectivity index (χ4n) is 5.12. The Balaban J connectivity index is 1.50. The zero-order valence-corrected chi connectivity index (χ0v) is 18.9. The molecular formula is C25H18O11. The van der Waals surface area contributed by atoms with Crippen molar-refractivity contribution >= 4 is 22.3 Å². The number of rotatable bonds is 1. The highest BCUT2D eigenvalue weighted by molar-refractivity contribution is 6.26. The largest absolute Gasteiger partial charge is 0.507 e. The number of ether oxygens (including phenoxy) is 3. The van der Waals surface area contributed by atoms with E-state index in [4.69, 9.17) is 18.6 Å². The molecule has 3 heterocycles. The van der Waals surface area contributed by atoms with Crippen molar-refractivity contribution in [3.8, 4) is 28.7 Å². The minimum absolute atomic E-state index is 0.00573. The van der Waals surface area contributed by atoms with Crippen molar-refractivity contribution < 1.29 is 48.6 Å². The standard InChI is InChI=1S/C25H18O11/c1-8-5-10-6-9-3-4-25(35-21(9)19(29)13(10)24(32)34-8)23(31)16-18(28)14-11(26)7-12(33-2)17(27)15(14)20(30)22(16)36-25/h5-7,23,28-31H,3-4H2,1-2H3/t23-,25-/m0/s1. The average molecular weight is 494 g/mol. The number of Topliss-reactive ketones (excluding diaryl/α,β-unsaturated/α-hetero) is 1. The molecule has 6 rings (SSSR count). The summed E-state index contributed by atoms with van der Waals surface area (Å²) in [5.41, 5.74) is -1.64. The molecule has 1 aliphatic carbocycles. The molecule has 1 aromatic heterocycles. The second-order valence-corrected chi connectivity index (χ2v) is 8.84. The molecule has 2 aliphatic heterocycles. The molecule has 0 bridgehead atoms. The Bertz CT molecular complexity index is 1640. The van der Waals surface area contributed by atoms with Gasteiger partial charge in [0.15, 0.2) is 40.6 Å². The quantitative estimate of drug-likeness (QED) is 0.366. The number of phenols is 3. The Morgan fingerprint density at radius 2 is 1.72 bits per heavy atom. The first-order chi connectivity index (χ1) is 17.1. The summed E-state index contributed by atoms with van der Waals surface area (Å²) >= 11 is 0.